The van der Waals surface area contributed by atoms with Crippen molar-refractivity contribution in [1.29, 1.82) is 0 Å². The Morgan fingerprint density at radius 2 is 1.62 bits per heavy atom. The van der Waals surface area contributed by atoms with Crippen LogP contribution in [0.25, 0.3) is 0 Å². The van der Waals surface area contributed by atoms with Crippen molar-refractivity contribution in [1.82, 2.24) is 0 Å². The maximum absolute atomic E-state index is 13.9. The monoisotopic (exact) mass is 182 g/mol. The summed E-state index contributed by atoms with van der Waals surface area (Å²) in [6, 6.07) is 7.17. The highest BCUT2D eigenvalue weighted by Gasteiger charge is 2.28. The van der Waals surface area contributed by atoms with Gasteiger partial charge in [0.2, 0.25) is 0 Å². The van der Waals surface area contributed by atoms with Crippen LogP contribution in [0.15, 0.2) is 24.3 Å². The van der Waals surface area contributed by atoms with Gasteiger partial charge in [-0.1, -0.05) is 29.8 Å². The van der Waals surface area contributed by atoms with Crippen LogP contribution in [0.4, 0.5) is 4.39 Å². The third-order valence-corrected chi connectivity index (χ3v) is 2.22. The molecule has 1 aromatic rings. The van der Waals surface area contributed by atoms with Crippen molar-refractivity contribution in [3.63, 3.8) is 0 Å². The Bertz CT molecular complexity index is 265. The van der Waals surface area contributed by atoms with Crippen molar-refractivity contribution < 1.29 is 4.39 Å². The summed E-state index contributed by atoms with van der Waals surface area (Å²) in [6.45, 7) is 1.80. The zero-order valence-corrected chi connectivity index (χ0v) is 7.76. The molecule has 1 aromatic carbocycles. The lowest BCUT2D eigenvalue weighted by molar-refractivity contribution is 0.186. The zero-order valence-electron chi connectivity index (χ0n) is 7.76. The van der Waals surface area contributed by atoms with Gasteiger partial charge < -0.3 is 11.5 Å². The number of halogens is 1. The third kappa shape index (κ3) is 2.05. The zero-order chi connectivity index (χ0) is 9.90. The van der Waals surface area contributed by atoms with E-state index in [0.29, 0.717) is 5.56 Å². The molecule has 0 atom stereocenters. The minimum absolute atomic E-state index is 0.0768. The second kappa shape index (κ2) is 3.85. The molecule has 0 aliphatic heterocycles. The minimum Gasteiger partial charge on any atom is -0.327 e. The number of aryl methyl sites for hydroxylation is 1. The van der Waals surface area contributed by atoms with Crippen molar-refractivity contribution in [2.24, 2.45) is 11.5 Å². The summed E-state index contributed by atoms with van der Waals surface area (Å²) in [4.78, 5) is 0. The lowest BCUT2D eigenvalue weighted by Crippen LogP contribution is -2.37. The van der Waals surface area contributed by atoms with E-state index in [1.165, 1.54) is 0 Å². The van der Waals surface area contributed by atoms with E-state index in [1.807, 2.05) is 19.1 Å². The van der Waals surface area contributed by atoms with Gasteiger partial charge >= 0.3 is 0 Å². The number of benzene rings is 1. The van der Waals surface area contributed by atoms with Crippen LogP contribution in [-0.2, 0) is 5.67 Å². The van der Waals surface area contributed by atoms with Crippen LogP contribution in [0, 0.1) is 6.92 Å². The normalized spacial score (nSPS) is 11.7. The molecular formula is C10H15FN2. The Kier molecular flexibility index (Phi) is 3.01. The molecule has 0 amide bonds. The van der Waals surface area contributed by atoms with Gasteiger partial charge in [0, 0.05) is 13.1 Å². The van der Waals surface area contributed by atoms with Crippen LogP contribution >= 0.6 is 0 Å². The molecule has 2 nitrogen and oxygen atoms in total. The second-order valence-electron chi connectivity index (χ2n) is 3.24. The molecule has 0 radical (unpaired) electrons. The first-order chi connectivity index (χ1) is 6.12. The van der Waals surface area contributed by atoms with Crippen molar-refractivity contribution >= 4 is 0 Å². The average molecular weight is 182 g/mol. The average Bonchev–Trinajstić information content (AvgIpc) is 2.18. The summed E-state index contributed by atoms with van der Waals surface area (Å²) < 4.78 is 13.9. The van der Waals surface area contributed by atoms with Gasteiger partial charge in [-0.25, -0.2) is 4.39 Å². The first-order valence-electron chi connectivity index (χ1n) is 4.28. The van der Waals surface area contributed by atoms with Gasteiger partial charge in [0.1, 0.15) is 0 Å². The highest BCUT2D eigenvalue weighted by molar-refractivity contribution is 5.27. The maximum atomic E-state index is 13.9. The van der Waals surface area contributed by atoms with Gasteiger partial charge in [-0.3, -0.25) is 0 Å². The lowest BCUT2D eigenvalue weighted by Gasteiger charge is -2.21. The van der Waals surface area contributed by atoms with Crippen molar-refractivity contribution in [2.75, 3.05) is 13.1 Å². The quantitative estimate of drug-likeness (QED) is 0.734. The van der Waals surface area contributed by atoms with E-state index in [0.717, 1.165) is 5.56 Å². The van der Waals surface area contributed by atoms with Crippen LogP contribution in [0.3, 0.4) is 0 Å². The van der Waals surface area contributed by atoms with E-state index in [1.54, 1.807) is 12.1 Å². The number of rotatable bonds is 3. The molecule has 1 rings (SSSR count). The smallest absolute Gasteiger partial charge is 0.160 e. The molecule has 13 heavy (non-hydrogen) atoms. The molecule has 0 spiro atoms. The Morgan fingerprint density at radius 3 is 2.00 bits per heavy atom. The largest absolute Gasteiger partial charge is 0.327 e. The predicted molar refractivity (Wildman–Crippen MR) is 52.1 cm³/mol. The van der Waals surface area contributed by atoms with Gasteiger partial charge in [-0.05, 0) is 12.5 Å². The standard InChI is InChI=1S/C10H15FN2/c1-8-2-4-9(5-3-8)10(11,6-12)7-13/h2-5H,6-7,12-13H2,1H3. The molecule has 4 N–H and O–H groups in total. The lowest BCUT2D eigenvalue weighted by atomic mass is 9.95. The molecule has 0 aromatic heterocycles. The Balaban J connectivity index is 2.99. The van der Waals surface area contributed by atoms with E-state index in [2.05, 4.69) is 0 Å². The minimum atomic E-state index is -1.58. The van der Waals surface area contributed by atoms with Crippen molar-refractivity contribution in [3.8, 4) is 0 Å². The number of hydrogen-bond acceptors (Lipinski definition) is 2. The number of alkyl halides is 1. The summed E-state index contributed by atoms with van der Waals surface area (Å²) in [5, 5.41) is 0. The first kappa shape index (κ1) is 10.2. The van der Waals surface area contributed by atoms with E-state index in [4.69, 9.17) is 11.5 Å². The second-order valence-corrected chi connectivity index (χ2v) is 3.24. The fourth-order valence-electron chi connectivity index (χ4n) is 1.17. The molecule has 0 saturated carbocycles. The van der Waals surface area contributed by atoms with E-state index < -0.39 is 5.67 Å². The van der Waals surface area contributed by atoms with Crippen molar-refractivity contribution in [2.45, 2.75) is 12.6 Å². The molecule has 0 unspecified atom stereocenters. The van der Waals surface area contributed by atoms with Crippen molar-refractivity contribution in [3.05, 3.63) is 35.4 Å². The predicted octanol–water partition coefficient (Wildman–Crippen LogP) is 1.08. The summed E-state index contributed by atoms with van der Waals surface area (Å²) in [7, 11) is 0. The molecule has 3 heteroatoms. The van der Waals surface area contributed by atoms with Gasteiger partial charge in [-0.15, -0.1) is 0 Å². The number of hydrogen-bond donors (Lipinski definition) is 2. The Labute approximate surface area is 77.7 Å². The third-order valence-electron chi connectivity index (χ3n) is 2.22. The van der Waals surface area contributed by atoms with Crippen LogP contribution in [0.5, 0.6) is 0 Å². The molecule has 0 bridgehead atoms. The van der Waals surface area contributed by atoms with Gasteiger partial charge in [-0.2, -0.15) is 0 Å². The van der Waals surface area contributed by atoms with Gasteiger partial charge in [0.25, 0.3) is 0 Å². The van der Waals surface area contributed by atoms with Crippen LogP contribution in [-0.4, -0.2) is 13.1 Å². The summed E-state index contributed by atoms with van der Waals surface area (Å²) >= 11 is 0. The summed E-state index contributed by atoms with van der Waals surface area (Å²) in [5.74, 6) is 0. The molecule has 0 heterocycles. The maximum Gasteiger partial charge on any atom is 0.160 e. The fourth-order valence-corrected chi connectivity index (χ4v) is 1.17. The molecule has 0 aliphatic carbocycles. The molecule has 0 aliphatic rings. The van der Waals surface area contributed by atoms with Gasteiger partial charge in [0.05, 0.1) is 0 Å². The van der Waals surface area contributed by atoms with E-state index >= 15 is 0 Å². The Hall–Kier alpha value is -0.930. The molecular weight excluding hydrogens is 167 g/mol. The fraction of sp³-hybridized carbons (Fsp3) is 0.400. The Morgan fingerprint density at radius 1 is 1.15 bits per heavy atom. The van der Waals surface area contributed by atoms with Gasteiger partial charge in [0.15, 0.2) is 5.67 Å². The van der Waals surface area contributed by atoms with E-state index in [9.17, 15) is 4.39 Å². The summed E-state index contributed by atoms with van der Waals surface area (Å²) in [6.07, 6.45) is 0. The molecule has 0 fully saturated rings. The van der Waals surface area contributed by atoms with Crippen LogP contribution in [0.1, 0.15) is 11.1 Å². The summed E-state index contributed by atoms with van der Waals surface area (Å²) in [5.41, 5.74) is 10.7. The molecule has 0 saturated heterocycles. The van der Waals surface area contributed by atoms with Crippen LogP contribution < -0.4 is 11.5 Å². The number of nitrogens with two attached hydrogens (primary N) is 2. The highest BCUT2D eigenvalue weighted by atomic mass is 19.1. The topological polar surface area (TPSA) is 52.0 Å². The van der Waals surface area contributed by atoms with E-state index in [-0.39, 0.29) is 13.1 Å². The molecule has 72 valence electrons. The van der Waals surface area contributed by atoms with Crippen LogP contribution in [0.2, 0.25) is 0 Å². The first-order valence-corrected chi connectivity index (χ1v) is 4.28. The SMILES string of the molecule is Cc1ccc(C(F)(CN)CN)cc1. The highest BCUT2D eigenvalue weighted by Crippen LogP contribution is 2.23.